The molecule has 2 aromatic rings. The number of hydrogen-bond acceptors (Lipinski definition) is 5. The number of hydrogen-bond donors (Lipinski definition) is 2. The minimum absolute atomic E-state index is 0.118. The minimum atomic E-state index is -0.205. The van der Waals surface area contributed by atoms with Crippen LogP contribution in [0.2, 0.25) is 0 Å². The third-order valence-electron chi connectivity index (χ3n) is 3.53. The summed E-state index contributed by atoms with van der Waals surface area (Å²) in [6.07, 6.45) is 3.90. The zero-order chi connectivity index (χ0) is 16.7. The largest absolute Gasteiger partial charge is 0.496 e. The van der Waals surface area contributed by atoms with Crippen molar-refractivity contribution in [2.24, 2.45) is 0 Å². The Morgan fingerprint density at radius 1 is 1.26 bits per heavy atom. The summed E-state index contributed by atoms with van der Waals surface area (Å²) in [5.41, 5.74) is 1.34. The molecule has 6 nitrogen and oxygen atoms in total. The van der Waals surface area contributed by atoms with Crippen LogP contribution in [-0.2, 0) is 6.54 Å². The van der Waals surface area contributed by atoms with Crippen LogP contribution in [0.1, 0.15) is 36.3 Å². The number of rotatable bonds is 7. The van der Waals surface area contributed by atoms with Gasteiger partial charge in [0, 0.05) is 18.2 Å². The first-order chi connectivity index (χ1) is 11.1. The Hall–Kier alpha value is -2.63. The van der Waals surface area contributed by atoms with E-state index >= 15 is 0 Å². The zero-order valence-electron chi connectivity index (χ0n) is 13.7. The van der Waals surface area contributed by atoms with Gasteiger partial charge in [0.1, 0.15) is 17.3 Å². The molecule has 1 amide bonds. The fraction of sp³-hybridized carbons (Fsp3) is 0.353. The molecule has 1 unspecified atom stereocenters. The molecule has 122 valence electrons. The van der Waals surface area contributed by atoms with E-state index in [0.717, 1.165) is 17.7 Å². The molecule has 0 bridgehead atoms. The van der Waals surface area contributed by atoms with E-state index in [1.165, 1.54) is 6.20 Å². The highest BCUT2D eigenvalue weighted by Crippen LogP contribution is 2.18. The van der Waals surface area contributed by atoms with Crippen molar-refractivity contribution in [3.63, 3.8) is 0 Å². The zero-order valence-corrected chi connectivity index (χ0v) is 13.7. The topological polar surface area (TPSA) is 76.1 Å². The van der Waals surface area contributed by atoms with E-state index in [-0.39, 0.29) is 11.9 Å². The Bertz CT molecular complexity index is 643. The van der Waals surface area contributed by atoms with Crippen LogP contribution >= 0.6 is 0 Å². The van der Waals surface area contributed by atoms with Crippen molar-refractivity contribution in [2.75, 3.05) is 12.4 Å². The van der Waals surface area contributed by atoms with E-state index < -0.39 is 0 Å². The van der Waals surface area contributed by atoms with Crippen LogP contribution in [0.25, 0.3) is 0 Å². The van der Waals surface area contributed by atoms with Crippen LogP contribution < -0.4 is 15.4 Å². The van der Waals surface area contributed by atoms with E-state index in [0.29, 0.717) is 18.1 Å². The first-order valence-corrected chi connectivity index (χ1v) is 7.62. The van der Waals surface area contributed by atoms with Crippen molar-refractivity contribution >= 4 is 11.7 Å². The van der Waals surface area contributed by atoms with E-state index in [9.17, 15) is 4.79 Å². The molecule has 23 heavy (non-hydrogen) atoms. The normalized spacial score (nSPS) is 11.6. The number of amides is 1. The Morgan fingerprint density at radius 2 is 2.04 bits per heavy atom. The molecule has 6 heteroatoms. The van der Waals surface area contributed by atoms with E-state index in [1.807, 2.05) is 38.1 Å². The quantitative estimate of drug-likeness (QED) is 0.821. The average Bonchev–Trinajstić information content (AvgIpc) is 2.60. The smallest absolute Gasteiger partial charge is 0.271 e. The number of carbonyl (C=O) groups is 1. The van der Waals surface area contributed by atoms with Crippen molar-refractivity contribution in [1.29, 1.82) is 0 Å². The molecule has 1 heterocycles. The van der Waals surface area contributed by atoms with Gasteiger partial charge in [-0.2, -0.15) is 0 Å². The minimum Gasteiger partial charge on any atom is -0.496 e. The molecule has 2 rings (SSSR count). The van der Waals surface area contributed by atoms with Gasteiger partial charge in [-0.3, -0.25) is 4.79 Å². The monoisotopic (exact) mass is 314 g/mol. The number of nitrogens with zero attached hydrogens (tertiary/aromatic N) is 2. The summed E-state index contributed by atoms with van der Waals surface area (Å²) in [6, 6.07) is 7.88. The van der Waals surface area contributed by atoms with E-state index in [1.54, 1.807) is 13.3 Å². The standard InChI is InChI=1S/C17H22N4O2/c1-4-12(2)21-17(22)14-10-20-16(11-18-14)19-9-13-7-5-6-8-15(13)23-3/h5-8,10-12H,4,9H2,1-3H3,(H,19,20)(H,21,22). The second kappa shape index (κ2) is 8.12. The Kier molecular flexibility index (Phi) is 5.91. The SMILES string of the molecule is CCC(C)NC(=O)c1cnc(NCc2ccccc2OC)cn1. The first-order valence-electron chi connectivity index (χ1n) is 7.62. The molecule has 0 radical (unpaired) electrons. The maximum Gasteiger partial charge on any atom is 0.271 e. The van der Waals surface area contributed by atoms with Crippen LogP contribution in [0, 0.1) is 0 Å². The lowest BCUT2D eigenvalue weighted by atomic mass is 10.2. The second-order valence-electron chi connectivity index (χ2n) is 5.24. The first kappa shape index (κ1) is 16.7. The van der Waals surface area contributed by atoms with Gasteiger partial charge in [-0.1, -0.05) is 25.1 Å². The van der Waals surface area contributed by atoms with Gasteiger partial charge in [0.15, 0.2) is 0 Å². The van der Waals surface area contributed by atoms with Gasteiger partial charge in [-0.15, -0.1) is 0 Å². The lowest BCUT2D eigenvalue weighted by Crippen LogP contribution is -2.32. The molecule has 1 aromatic heterocycles. The summed E-state index contributed by atoms with van der Waals surface area (Å²) >= 11 is 0. The van der Waals surface area contributed by atoms with Gasteiger partial charge < -0.3 is 15.4 Å². The summed E-state index contributed by atoms with van der Waals surface area (Å²) in [6.45, 7) is 4.53. The van der Waals surface area contributed by atoms with Crippen LogP contribution in [0.5, 0.6) is 5.75 Å². The molecule has 0 saturated carbocycles. The number of carbonyl (C=O) groups excluding carboxylic acids is 1. The molecular weight excluding hydrogens is 292 g/mol. The molecule has 1 atom stereocenters. The van der Waals surface area contributed by atoms with Crippen molar-refractivity contribution in [3.05, 3.63) is 47.9 Å². The summed E-state index contributed by atoms with van der Waals surface area (Å²) < 4.78 is 5.30. The third kappa shape index (κ3) is 4.67. The number of benzene rings is 1. The third-order valence-corrected chi connectivity index (χ3v) is 3.53. The van der Waals surface area contributed by atoms with Gasteiger partial charge >= 0.3 is 0 Å². The predicted molar refractivity (Wildman–Crippen MR) is 89.6 cm³/mol. The number of nitrogens with one attached hydrogen (secondary N) is 2. The number of para-hydroxylation sites is 1. The van der Waals surface area contributed by atoms with Gasteiger partial charge in [0.2, 0.25) is 0 Å². The molecule has 2 N–H and O–H groups in total. The van der Waals surface area contributed by atoms with Crippen molar-refractivity contribution < 1.29 is 9.53 Å². The van der Waals surface area contributed by atoms with Crippen molar-refractivity contribution in [1.82, 2.24) is 15.3 Å². The van der Waals surface area contributed by atoms with Crippen LogP contribution in [0.4, 0.5) is 5.82 Å². The summed E-state index contributed by atoms with van der Waals surface area (Å²) in [4.78, 5) is 20.3. The lowest BCUT2D eigenvalue weighted by Gasteiger charge is -2.11. The molecule has 1 aromatic carbocycles. The fourth-order valence-electron chi connectivity index (χ4n) is 1.97. The maximum atomic E-state index is 11.9. The number of anilines is 1. The fourth-order valence-corrected chi connectivity index (χ4v) is 1.97. The summed E-state index contributed by atoms with van der Waals surface area (Å²) in [5, 5.41) is 6.03. The molecule has 0 aliphatic heterocycles. The van der Waals surface area contributed by atoms with Gasteiger partial charge in [-0.05, 0) is 19.4 Å². The van der Waals surface area contributed by atoms with E-state index in [2.05, 4.69) is 20.6 Å². The van der Waals surface area contributed by atoms with Gasteiger partial charge in [0.05, 0.1) is 19.5 Å². The second-order valence-corrected chi connectivity index (χ2v) is 5.24. The Balaban J connectivity index is 1.96. The molecule has 0 fully saturated rings. The molecule has 0 aliphatic carbocycles. The molecular formula is C17H22N4O2. The highest BCUT2D eigenvalue weighted by molar-refractivity contribution is 5.92. The predicted octanol–water partition coefficient (Wildman–Crippen LogP) is 2.63. The molecule has 0 spiro atoms. The Labute approximate surface area is 136 Å². The van der Waals surface area contributed by atoms with Crippen LogP contribution in [0.15, 0.2) is 36.7 Å². The molecule has 0 aliphatic rings. The summed E-state index contributed by atoms with van der Waals surface area (Å²) in [7, 11) is 1.64. The average molecular weight is 314 g/mol. The number of aromatic nitrogens is 2. The molecule has 0 saturated heterocycles. The van der Waals surface area contributed by atoms with Crippen LogP contribution in [0.3, 0.4) is 0 Å². The lowest BCUT2D eigenvalue weighted by molar-refractivity contribution is 0.0934. The maximum absolute atomic E-state index is 11.9. The van der Waals surface area contributed by atoms with Crippen molar-refractivity contribution in [2.45, 2.75) is 32.9 Å². The van der Waals surface area contributed by atoms with Gasteiger partial charge in [-0.25, -0.2) is 9.97 Å². The summed E-state index contributed by atoms with van der Waals surface area (Å²) in [5.74, 6) is 1.22. The van der Waals surface area contributed by atoms with E-state index in [4.69, 9.17) is 4.74 Å². The highest BCUT2D eigenvalue weighted by atomic mass is 16.5. The number of ether oxygens (including phenoxy) is 1. The Morgan fingerprint density at radius 3 is 2.70 bits per heavy atom. The number of methoxy groups -OCH3 is 1. The van der Waals surface area contributed by atoms with Crippen molar-refractivity contribution in [3.8, 4) is 5.75 Å². The highest BCUT2D eigenvalue weighted by Gasteiger charge is 2.10. The van der Waals surface area contributed by atoms with Crippen LogP contribution in [-0.4, -0.2) is 29.0 Å². The van der Waals surface area contributed by atoms with Gasteiger partial charge in [0.25, 0.3) is 5.91 Å².